The summed E-state index contributed by atoms with van der Waals surface area (Å²) in [6.45, 7) is 4.00. The minimum absolute atomic E-state index is 0.160. The predicted octanol–water partition coefficient (Wildman–Crippen LogP) is 0.319. The molecule has 0 spiro atoms. The molecule has 1 saturated heterocycles. The molecular formula is C18H20N6O4. The average Bonchev–Trinajstić information content (AvgIpc) is 3.28. The van der Waals surface area contributed by atoms with Crippen LogP contribution in [0.25, 0.3) is 21.8 Å². The number of fused-ring (bicyclic) bond motifs is 4. The molecule has 0 aliphatic carbocycles. The van der Waals surface area contributed by atoms with Crippen molar-refractivity contribution >= 4 is 33.5 Å². The number of aromatic amines is 2. The number of piperazine rings is 1. The van der Waals surface area contributed by atoms with Gasteiger partial charge in [0.05, 0.1) is 17.4 Å². The lowest BCUT2D eigenvalue weighted by atomic mass is 10.1. The van der Waals surface area contributed by atoms with Gasteiger partial charge in [-0.15, -0.1) is 0 Å². The van der Waals surface area contributed by atoms with Crippen LogP contribution in [0.1, 0.15) is 0 Å². The maximum absolute atomic E-state index is 12.6. The van der Waals surface area contributed by atoms with Crippen LogP contribution in [-0.2, 0) is 4.79 Å². The van der Waals surface area contributed by atoms with E-state index in [0.717, 1.165) is 31.6 Å². The monoisotopic (exact) mass is 384 g/mol. The second kappa shape index (κ2) is 6.50. The number of carbonyl (C=O) groups is 1. The van der Waals surface area contributed by atoms with Gasteiger partial charge in [0.2, 0.25) is 12.7 Å². The van der Waals surface area contributed by atoms with Gasteiger partial charge in [0.1, 0.15) is 5.52 Å². The van der Waals surface area contributed by atoms with Gasteiger partial charge in [0, 0.05) is 37.6 Å². The third kappa shape index (κ3) is 2.86. The topological polar surface area (TPSA) is 116 Å². The fraction of sp³-hybridized carbons (Fsp3) is 0.389. The van der Waals surface area contributed by atoms with E-state index in [1.54, 1.807) is 12.1 Å². The van der Waals surface area contributed by atoms with E-state index in [-0.39, 0.29) is 24.8 Å². The van der Waals surface area contributed by atoms with Gasteiger partial charge in [-0.2, -0.15) is 5.10 Å². The third-order valence-electron chi connectivity index (χ3n) is 5.25. The molecule has 3 aromatic rings. The van der Waals surface area contributed by atoms with Crippen molar-refractivity contribution in [1.29, 1.82) is 0 Å². The van der Waals surface area contributed by atoms with Gasteiger partial charge >= 0.3 is 0 Å². The van der Waals surface area contributed by atoms with Crippen LogP contribution in [0.15, 0.2) is 16.9 Å². The highest BCUT2D eigenvalue weighted by molar-refractivity contribution is 6.15. The summed E-state index contributed by atoms with van der Waals surface area (Å²) < 4.78 is 10.8. The fourth-order valence-electron chi connectivity index (χ4n) is 3.69. The number of amides is 1. The molecule has 28 heavy (non-hydrogen) atoms. The van der Waals surface area contributed by atoms with Crippen molar-refractivity contribution in [1.82, 2.24) is 25.0 Å². The highest BCUT2D eigenvalue weighted by Gasteiger charge is 2.22. The Morgan fingerprint density at radius 3 is 2.75 bits per heavy atom. The van der Waals surface area contributed by atoms with Crippen LogP contribution in [0.4, 0.5) is 5.82 Å². The number of hydrogen-bond donors (Lipinski definition) is 3. The van der Waals surface area contributed by atoms with Crippen LogP contribution in [0.5, 0.6) is 11.5 Å². The number of nitrogens with zero attached hydrogens (tertiary/aromatic N) is 3. The normalized spacial score (nSPS) is 17.5. The van der Waals surface area contributed by atoms with Crippen molar-refractivity contribution in [3.8, 4) is 11.5 Å². The Kier molecular flexibility index (Phi) is 3.95. The lowest BCUT2D eigenvalue weighted by Crippen LogP contribution is -2.47. The zero-order valence-electron chi connectivity index (χ0n) is 15.4. The summed E-state index contributed by atoms with van der Waals surface area (Å²) in [5.41, 5.74) is 0.709. The molecule has 1 aromatic carbocycles. The molecule has 10 heteroatoms. The number of ether oxygens (including phenoxy) is 2. The van der Waals surface area contributed by atoms with Gasteiger partial charge in [0.25, 0.3) is 5.56 Å². The molecule has 1 amide bonds. The van der Waals surface area contributed by atoms with Gasteiger partial charge in [-0.05, 0) is 13.1 Å². The standard InChI is InChI=1S/C18H20N6O4/c1-23-2-4-24(5-3-23)8-14(25)20-17-15-10-6-12-13(28-9-27-12)7-11(10)19-16(15)18(26)22-21-17/h6-7,19H,2-5,8-9H2,1H3,(H,22,26)(H,20,21,25). The minimum atomic E-state index is -0.356. The first-order chi connectivity index (χ1) is 13.6. The average molecular weight is 384 g/mol. The summed E-state index contributed by atoms with van der Waals surface area (Å²) in [5.74, 6) is 1.37. The van der Waals surface area contributed by atoms with E-state index >= 15 is 0 Å². The zero-order chi connectivity index (χ0) is 19.3. The molecule has 1 fully saturated rings. The molecule has 4 heterocycles. The molecule has 0 radical (unpaired) electrons. The number of anilines is 1. The number of nitrogens with one attached hydrogen (secondary N) is 3. The quantitative estimate of drug-likeness (QED) is 0.596. The van der Waals surface area contributed by atoms with Gasteiger partial charge in [0.15, 0.2) is 17.3 Å². The number of likely N-dealkylation sites (N-methyl/N-ethyl adjacent to an activating group) is 1. The van der Waals surface area contributed by atoms with E-state index in [9.17, 15) is 9.59 Å². The predicted molar refractivity (Wildman–Crippen MR) is 103 cm³/mol. The van der Waals surface area contributed by atoms with Crippen molar-refractivity contribution in [3.63, 3.8) is 0 Å². The zero-order valence-corrected chi connectivity index (χ0v) is 15.4. The van der Waals surface area contributed by atoms with E-state index in [1.807, 2.05) is 0 Å². The SMILES string of the molecule is CN1CCN(CC(=O)Nc2n[nH]c(=O)c3[nH]c4cc5c(cc4c23)OCO5)CC1. The number of aromatic nitrogens is 3. The largest absolute Gasteiger partial charge is 0.454 e. The molecule has 0 saturated carbocycles. The number of benzene rings is 1. The summed E-state index contributed by atoms with van der Waals surface area (Å²) in [4.78, 5) is 32.3. The van der Waals surface area contributed by atoms with Crippen molar-refractivity contribution in [2.45, 2.75) is 0 Å². The van der Waals surface area contributed by atoms with Crippen molar-refractivity contribution in [2.75, 3.05) is 51.9 Å². The molecule has 2 aliphatic rings. The van der Waals surface area contributed by atoms with Crippen molar-refractivity contribution in [2.24, 2.45) is 0 Å². The number of carbonyl (C=O) groups excluding carboxylic acids is 1. The highest BCUT2D eigenvalue weighted by atomic mass is 16.7. The van der Waals surface area contributed by atoms with E-state index < -0.39 is 0 Å². The summed E-state index contributed by atoms with van der Waals surface area (Å²) in [6.07, 6.45) is 0. The molecular weight excluding hydrogens is 364 g/mol. The highest BCUT2D eigenvalue weighted by Crippen LogP contribution is 2.39. The summed E-state index contributed by atoms with van der Waals surface area (Å²) in [5, 5.41) is 10.7. The van der Waals surface area contributed by atoms with Crippen molar-refractivity contribution in [3.05, 3.63) is 22.5 Å². The second-order valence-electron chi connectivity index (χ2n) is 7.15. The molecule has 0 bridgehead atoms. The summed E-state index contributed by atoms with van der Waals surface area (Å²) >= 11 is 0. The first kappa shape index (κ1) is 17.0. The van der Waals surface area contributed by atoms with Gasteiger partial charge in [-0.3, -0.25) is 14.5 Å². The molecule has 146 valence electrons. The van der Waals surface area contributed by atoms with E-state index in [1.165, 1.54) is 0 Å². The second-order valence-corrected chi connectivity index (χ2v) is 7.15. The summed E-state index contributed by atoms with van der Waals surface area (Å²) in [6, 6.07) is 3.58. The Morgan fingerprint density at radius 2 is 1.96 bits per heavy atom. The maximum atomic E-state index is 12.6. The van der Waals surface area contributed by atoms with Crippen LogP contribution in [0.3, 0.4) is 0 Å². The molecule has 10 nitrogen and oxygen atoms in total. The lowest BCUT2D eigenvalue weighted by Gasteiger charge is -2.31. The van der Waals surface area contributed by atoms with E-state index in [4.69, 9.17) is 9.47 Å². The lowest BCUT2D eigenvalue weighted by molar-refractivity contribution is -0.117. The van der Waals surface area contributed by atoms with Gasteiger partial charge in [-0.1, -0.05) is 0 Å². The Bertz CT molecular complexity index is 1130. The first-order valence-electron chi connectivity index (χ1n) is 9.13. The van der Waals surface area contributed by atoms with Crippen LogP contribution < -0.4 is 20.3 Å². The molecule has 3 N–H and O–H groups in total. The molecule has 5 rings (SSSR count). The minimum Gasteiger partial charge on any atom is -0.454 e. The molecule has 0 atom stereocenters. The van der Waals surface area contributed by atoms with Gasteiger partial charge < -0.3 is 24.7 Å². The van der Waals surface area contributed by atoms with E-state index in [2.05, 4.69) is 37.3 Å². The van der Waals surface area contributed by atoms with Gasteiger partial charge in [-0.25, -0.2) is 5.10 Å². The molecule has 2 aliphatic heterocycles. The van der Waals surface area contributed by atoms with Crippen LogP contribution in [0.2, 0.25) is 0 Å². The third-order valence-corrected chi connectivity index (χ3v) is 5.25. The molecule has 0 unspecified atom stereocenters. The molecule has 2 aromatic heterocycles. The Labute approximate surface area is 159 Å². The van der Waals surface area contributed by atoms with E-state index in [0.29, 0.717) is 33.7 Å². The Hall–Kier alpha value is -3.11. The maximum Gasteiger partial charge on any atom is 0.288 e. The number of H-pyrrole nitrogens is 2. The summed E-state index contributed by atoms with van der Waals surface area (Å²) in [7, 11) is 2.07. The van der Waals surface area contributed by atoms with Crippen LogP contribution in [0, 0.1) is 0 Å². The van der Waals surface area contributed by atoms with Crippen molar-refractivity contribution < 1.29 is 14.3 Å². The first-order valence-corrected chi connectivity index (χ1v) is 9.13. The Morgan fingerprint density at radius 1 is 1.21 bits per heavy atom. The smallest absolute Gasteiger partial charge is 0.288 e. The number of hydrogen-bond acceptors (Lipinski definition) is 7. The van der Waals surface area contributed by atoms with Crippen LogP contribution >= 0.6 is 0 Å². The number of rotatable bonds is 3. The Balaban J connectivity index is 1.49. The van der Waals surface area contributed by atoms with Crippen LogP contribution in [-0.4, -0.2) is 77.5 Å². The fourth-order valence-corrected chi connectivity index (χ4v) is 3.69.